The summed E-state index contributed by atoms with van der Waals surface area (Å²) in [6, 6.07) is 10.3. The van der Waals surface area contributed by atoms with Crippen LogP contribution in [0.25, 0.3) is 22.3 Å². The first-order valence-electron chi connectivity index (χ1n) is 9.70. The Morgan fingerprint density at radius 3 is 2.81 bits per heavy atom. The quantitative estimate of drug-likeness (QED) is 0.440. The first-order chi connectivity index (χ1) is 14.9. The van der Waals surface area contributed by atoms with E-state index in [9.17, 15) is 13.6 Å². The van der Waals surface area contributed by atoms with Gasteiger partial charge in [0, 0.05) is 24.3 Å². The van der Waals surface area contributed by atoms with Crippen LogP contribution in [0.5, 0.6) is 5.75 Å². The number of nitrogens with zero attached hydrogens (tertiary/aromatic N) is 1. The molecule has 0 fully saturated rings. The molecule has 0 aliphatic rings. The van der Waals surface area contributed by atoms with Gasteiger partial charge in [0.25, 0.3) is 0 Å². The molecule has 2 aromatic heterocycles. The van der Waals surface area contributed by atoms with Crippen molar-refractivity contribution in [2.45, 2.75) is 25.8 Å². The number of fused-ring (bicyclic) bond motifs is 1. The lowest BCUT2D eigenvalue weighted by Gasteiger charge is -2.10. The number of hydrogen-bond donors (Lipinski definition) is 1. The molecule has 31 heavy (non-hydrogen) atoms. The van der Waals surface area contributed by atoms with Gasteiger partial charge in [0.05, 0.1) is 24.9 Å². The SMILES string of the molecule is COc1cccc2cc(C(C)NC(=O)CCc3ncc(-c4ccc(F)cc4F)o3)oc12. The Bertz CT molecular complexity index is 1230. The third kappa shape index (κ3) is 4.42. The number of carbonyl (C=O) groups is 1. The van der Waals surface area contributed by atoms with E-state index in [4.69, 9.17) is 13.6 Å². The average molecular weight is 426 g/mol. The van der Waals surface area contributed by atoms with Gasteiger partial charge in [-0.15, -0.1) is 0 Å². The topological polar surface area (TPSA) is 77.5 Å². The highest BCUT2D eigenvalue weighted by Gasteiger charge is 2.17. The molecule has 8 heteroatoms. The highest BCUT2D eigenvalue weighted by Crippen LogP contribution is 2.31. The molecule has 0 aliphatic heterocycles. The second-order valence-corrected chi connectivity index (χ2v) is 7.06. The zero-order valence-electron chi connectivity index (χ0n) is 16.9. The standard InChI is InChI=1S/C23H20F2N2O4/c1-13(19-10-14-4-3-5-18(29-2)23(14)31-19)27-21(28)8-9-22-26-12-20(30-22)16-7-6-15(24)11-17(16)25/h3-7,10-13H,8-9H2,1-2H3,(H,27,28). The van der Waals surface area contributed by atoms with Gasteiger partial charge in [0.2, 0.25) is 5.91 Å². The summed E-state index contributed by atoms with van der Waals surface area (Å²) in [6.07, 6.45) is 1.71. The molecule has 160 valence electrons. The molecule has 1 amide bonds. The first kappa shape index (κ1) is 20.6. The Morgan fingerprint density at radius 1 is 1.19 bits per heavy atom. The minimum absolute atomic E-state index is 0.110. The predicted octanol–water partition coefficient (Wildman–Crippen LogP) is 5.18. The molecule has 0 bridgehead atoms. The number of oxazole rings is 1. The zero-order chi connectivity index (χ0) is 22.0. The predicted molar refractivity (Wildman–Crippen MR) is 109 cm³/mol. The largest absolute Gasteiger partial charge is 0.493 e. The van der Waals surface area contributed by atoms with Crippen LogP contribution in [0.1, 0.15) is 31.0 Å². The highest BCUT2D eigenvalue weighted by atomic mass is 19.1. The van der Waals surface area contributed by atoms with E-state index in [0.29, 0.717) is 17.1 Å². The third-order valence-electron chi connectivity index (χ3n) is 4.87. The number of furan rings is 1. The van der Waals surface area contributed by atoms with E-state index in [1.54, 1.807) is 13.2 Å². The van der Waals surface area contributed by atoms with Gasteiger partial charge in [-0.1, -0.05) is 12.1 Å². The van der Waals surface area contributed by atoms with E-state index in [-0.39, 0.29) is 42.0 Å². The number of amides is 1. The summed E-state index contributed by atoms with van der Waals surface area (Å²) in [5.41, 5.74) is 0.736. The smallest absolute Gasteiger partial charge is 0.221 e. The monoisotopic (exact) mass is 426 g/mol. The number of nitrogens with one attached hydrogen (secondary N) is 1. The molecular weight excluding hydrogens is 406 g/mol. The van der Waals surface area contributed by atoms with Crippen molar-refractivity contribution in [2.24, 2.45) is 0 Å². The van der Waals surface area contributed by atoms with Crippen LogP contribution in [0, 0.1) is 11.6 Å². The van der Waals surface area contributed by atoms with Crippen molar-refractivity contribution in [1.29, 1.82) is 0 Å². The Hall–Kier alpha value is -3.68. The van der Waals surface area contributed by atoms with Gasteiger partial charge in [-0.25, -0.2) is 13.8 Å². The minimum atomic E-state index is -0.739. The molecule has 0 aliphatic carbocycles. The third-order valence-corrected chi connectivity index (χ3v) is 4.87. The van der Waals surface area contributed by atoms with Crippen LogP contribution in [0.2, 0.25) is 0 Å². The Balaban J connectivity index is 1.37. The number of aromatic nitrogens is 1. The molecule has 0 radical (unpaired) electrons. The van der Waals surface area contributed by atoms with Gasteiger partial charge in [-0.05, 0) is 31.2 Å². The number of carbonyl (C=O) groups excluding carboxylic acids is 1. The van der Waals surface area contributed by atoms with Crippen molar-refractivity contribution in [3.63, 3.8) is 0 Å². The van der Waals surface area contributed by atoms with Crippen molar-refractivity contribution in [1.82, 2.24) is 10.3 Å². The van der Waals surface area contributed by atoms with Crippen molar-refractivity contribution in [2.75, 3.05) is 7.11 Å². The molecule has 0 saturated carbocycles. The van der Waals surface area contributed by atoms with E-state index in [1.165, 1.54) is 12.3 Å². The number of para-hydroxylation sites is 1. The van der Waals surface area contributed by atoms with Crippen LogP contribution in [-0.4, -0.2) is 18.0 Å². The van der Waals surface area contributed by atoms with Crippen molar-refractivity contribution in [3.05, 3.63) is 71.9 Å². The van der Waals surface area contributed by atoms with Crippen LogP contribution in [0.4, 0.5) is 8.78 Å². The van der Waals surface area contributed by atoms with Crippen molar-refractivity contribution in [3.8, 4) is 17.1 Å². The molecule has 0 spiro atoms. The number of rotatable bonds is 7. The summed E-state index contributed by atoms with van der Waals surface area (Å²) < 4.78 is 43.6. The van der Waals surface area contributed by atoms with Gasteiger partial charge < -0.3 is 18.9 Å². The van der Waals surface area contributed by atoms with Crippen LogP contribution < -0.4 is 10.1 Å². The number of benzene rings is 2. The van der Waals surface area contributed by atoms with Gasteiger partial charge in [0.15, 0.2) is 23.0 Å². The van der Waals surface area contributed by atoms with E-state index < -0.39 is 11.6 Å². The number of ether oxygens (including phenoxy) is 1. The van der Waals surface area contributed by atoms with Crippen LogP contribution >= 0.6 is 0 Å². The number of hydrogen-bond acceptors (Lipinski definition) is 5. The lowest BCUT2D eigenvalue weighted by Crippen LogP contribution is -2.26. The van der Waals surface area contributed by atoms with Crippen molar-refractivity contribution >= 4 is 16.9 Å². The second kappa shape index (κ2) is 8.59. The highest BCUT2D eigenvalue weighted by molar-refractivity contribution is 5.84. The molecule has 4 aromatic rings. The number of halogens is 2. The normalized spacial score (nSPS) is 12.1. The van der Waals surface area contributed by atoms with Gasteiger partial charge in [-0.2, -0.15) is 0 Å². The molecule has 6 nitrogen and oxygen atoms in total. The molecular formula is C23H20F2N2O4. The van der Waals surface area contributed by atoms with Gasteiger partial charge >= 0.3 is 0 Å². The van der Waals surface area contributed by atoms with Crippen LogP contribution in [0.15, 0.2) is 57.5 Å². The maximum absolute atomic E-state index is 13.9. The summed E-state index contributed by atoms with van der Waals surface area (Å²) in [4.78, 5) is 16.4. The molecule has 1 N–H and O–H groups in total. The summed E-state index contributed by atoms with van der Waals surface area (Å²) in [6.45, 7) is 1.82. The number of aryl methyl sites for hydroxylation is 1. The fourth-order valence-corrected chi connectivity index (χ4v) is 3.28. The fourth-order valence-electron chi connectivity index (χ4n) is 3.28. The lowest BCUT2D eigenvalue weighted by atomic mass is 10.2. The lowest BCUT2D eigenvalue weighted by molar-refractivity contribution is -0.121. The van der Waals surface area contributed by atoms with Gasteiger partial charge in [0.1, 0.15) is 17.4 Å². The Morgan fingerprint density at radius 2 is 2.03 bits per heavy atom. The summed E-state index contributed by atoms with van der Waals surface area (Å²) >= 11 is 0. The molecule has 4 rings (SSSR count). The zero-order valence-corrected chi connectivity index (χ0v) is 16.9. The second-order valence-electron chi connectivity index (χ2n) is 7.06. The number of methoxy groups -OCH3 is 1. The van der Waals surface area contributed by atoms with E-state index >= 15 is 0 Å². The maximum atomic E-state index is 13.9. The summed E-state index contributed by atoms with van der Waals surface area (Å²) in [5, 5.41) is 3.76. The van der Waals surface area contributed by atoms with Crippen LogP contribution in [0.3, 0.4) is 0 Å². The summed E-state index contributed by atoms with van der Waals surface area (Å²) in [7, 11) is 1.57. The van der Waals surface area contributed by atoms with Gasteiger partial charge in [-0.3, -0.25) is 4.79 Å². The average Bonchev–Trinajstić information content (AvgIpc) is 3.39. The Kier molecular flexibility index (Phi) is 5.70. The molecule has 2 heterocycles. The minimum Gasteiger partial charge on any atom is -0.493 e. The van der Waals surface area contributed by atoms with E-state index in [0.717, 1.165) is 17.5 Å². The molecule has 2 aromatic carbocycles. The summed E-state index contributed by atoms with van der Waals surface area (Å²) in [5.74, 6) is 0.0733. The van der Waals surface area contributed by atoms with E-state index in [1.807, 2.05) is 25.1 Å². The van der Waals surface area contributed by atoms with Crippen LogP contribution in [-0.2, 0) is 11.2 Å². The van der Waals surface area contributed by atoms with Crippen molar-refractivity contribution < 1.29 is 27.1 Å². The first-order valence-corrected chi connectivity index (χ1v) is 9.70. The molecule has 0 saturated heterocycles. The maximum Gasteiger partial charge on any atom is 0.221 e. The molecule has 1 atom stereocenters. The molecule has 1 unspecified atom stereocenters. The Labute approximate surface area is 176 Å². The van der Waals surface area contributed by atoms with E-state index in [2.05, 4.69) is 10.3 Å². The fraction of sp³-hybridized carbons (Fsp3) is 0.217.